The average Bonchev–Trinajstić information content (AvgIpc) is 3.20. The van der Waals surface area contributed by atoms with Gasteiger partial charge in [0.15, 0.2) is 0 Å². The Labute approximate surface area is 194 Å². The summed E-state index contributed by atoms with van der Waals surface area (Å²) in [6.07, 6.45) is 0. The van der Waals surface area contributed by atoms with Crippen LogP contribution in [0.5, 0.6) is 5.75 Å². The smallest absolute Gasteiger partial charge is 0.273 e. The molecule has 0 bridgehead atoms. The molecule has 168 valence electrons. The van der Waals surface area contributed by atoms with Crippen LogP contribution in [0.4, 0.5) is 17.1 Å². The van der Waals surface area contributed by atoms with Crippen molar-refractivity contribution in [3.05, 3.63) is 93.5 Å². The number of nitrogens with zero attached hydrogens (tertiary/aromatic N) is 2. The summed E-state index contributed by atoms with van der Waals surface area (Å²) in [7, 11) is 1.59. The number of carbonyl (C=O) groups excluding carboxylic acids is 2. The molecule has 1 N–H and O–H groups in total. The quantitative estimate of drug-likeness (QED) is 0.410. The number of aryl methyl sites for hydroxylation is 1. The Balaban J connectivity index is 1.57. The van der Waals surface area contributed by atoms with E-state index in [9.17, 15) is 19.7 Å². The van der Waals surface area contributed by atoms with Gasteiger partial charge in [0.2, 0.25) is 5.91 Å². The molecule has 1 atom stereocenters. The van der Waals surface area contributed by atoms with E-state index in [-0.39, 0.29) is 22.5 Å². The summed E-state index contributed by atoms with van der Waals surface area (Å²) in [5.74, 6) is 0.602. The van der Waals surface area contributed by atoms with Crippen molar-refractivity contribution in [3.63, 3.8) is 0 Å². The Bertz CT molecular complexity index is 1230. The van der Waals surface area contributed by atoms with E-state index in [1.807, 2.05) is 24.3 Å². The van der Waals surface area contributed by atoms with Gasteiger partial charge in [0, 0.05) is 28.6 Å². The van der Waals surface area contributed by atoms with E-state index < -0.39 is 10.8 Å². The lowest BCUT2D eigenvalue weighted by atomic mass is 10.1. The minimum absolute atomic E-state index is 0.00318. The number of nitro benzene ring substituents is 1. The van der Waals surface area contributed by atoms with Gasteiger partial charge in [-0.3, -0.25) is 24.6 Å². The van der Waals surface area contributed by atoms with Crippen molar-refractivity contribution in [3.8, 4) is 5.75 Å². The molecule has 9 heteroatoms. The van der Waals surface area contributed by atoms with Gasteiger partial charge >= 0.3 is 0 Å². The molecular formula is C24H21N3O5S. The fraction of sp³-hybridized carbons (Fsp3) is 0.167. The molecule has 0 radical (unpaired) electrons. The molecule has 0 spiro atoms. The summed E-state index contributed by atoms with van der Waals surface area (Å²) in [6.45, 7) is 1.62. The molecule has 1 fully saturated rings. The van der Waals surface area contributed by atoms with E-state index in [1.165, 1.54) is 17.8 Å². The van der Waals surface area contributed by atoms with E-state index in [4.69, 9.17) is 4.74 Å². The first-order valence-electron chi connectivity index (χ1n) is 10.1. The number of nitrogens with one attached hydrogen (secondary N) is 1. The molecule has 3 aromatic rings. The number of rotatable bonds is 6. The number of carbonyl (C=O) groups is 2. The molecule has 1 aliphatic heterocycles. The monoisotopic (exact) mass is 463 g/mol. The first kappa shape index (κ1) is 22.3. The summed E-state index contributed by atoms with van der Waals surface area (Å²) in [6, 6.07) is 18.9. The summed E-state index contributed by atoms with van der Waals surface area (Å²) >= 11 is 1.50. The summed E-state index contributed by atoms with van der Waals surface area (Å²) in [5, 5.41) is 13.7. The number of ether oxygens (including phenoxy) is 1. The van der Waals surface area contributed by atoms with Crippen molar-refractivity contribution in [1.82, 2.24) is 0 Å². The number of amides is 2. The van der Waals surface area contributed by atoms with E-state index in [0.29, 0.717) is 22.8 Å². The summed E-state index contributed by atoms with van der Waals surface area (Å²) in [5.41, 5.74) is 2.73. The van der Waals surface area contributed by atoms with Crippen molar-refractivity contribution in [2.45, 2.75) is 12.3 Å². The molecule has 4 rings (SSSR count). The average molecular weight is 464 g/mol. The van der Waals surface area contributed by atoms with Crippen LogP contribution in [0.3, 0.4) is 0 Å². The second kappa shape index (κ2) is 9.33. The maximum atomic E-state index is 12.7. The van der Waals surface area contributed by atoms with Crippen molar-refractivity contribution >= 4 is 40.6 Å². The Kier molecular flexibility index (Phi) is 6.32. The largest absolute Gasteiger partial charge is 0.497 e. The highest BCUT2D eigenvalue weighted by atomic mass is 32.2. The van der Waals surface area contributed by atoms with Crippen LogP contribution in [0.25, 0.3) is 0 Å². The Morgan fingerprint density at radius 3 is 2.61 bits per heavy atom. The van der Waals surface area contributed by atoms with Crippen LogP contribution < -0.4 is 15.0 Å². The van der Waals surface area contributed by atoms with Crippen LogP contribution in [0.1, 0.15) is 26.9 Å². The van der Waals surface area contributed by atoms with Crippen molar-refractivity contribution in [2.24, 2.45) is 0 Å². The number of hydrogen-bond donors (Lipinski definition) is 1. The summed E-state index contributed by atoms with van der Waals surface area (Å²) < 4.78 is 5.20. The van der Waals surface area contributed by atoms with E-state index in [1.54, 1.807) is 55.3 Å². The molecule has 33 heavy (non-hydrogen) atoms. The number of anilines is 2. The third-order valence-corrected chi connectivity index (χ3v) is 6.53. The van der Waals surface area contributed by atoms with Gasteiger partial charge in [-0.1, -0.05) is 18.2 Å². The molecule has 1 unspecified atom stereocenters. The lowest BCUT2D eigenvalue weighted by molar-refractivity contribution is -0.385. The fourth-order valence-electron chi connectivity index (χ4n) is 3.61. The van der Waals surface area contributed by atoms with Gasteiger partial charge in [0.1, 0.15) is 11.1 Å². The van der Waals surface area contributed by atoms with E-state index in [2.05, 4.69) is 5.32 Å². The number of benzene rings is 3. The molecule has 0 aromatic heterocycles. The molecule has 3 aromatic carbocycles. The summed E-state index contributed by atoms with van der Waals surface area (Å²) in [4.78, 5) is 37.8. The van der Waals surface area contributed by atoms with Gasteiger partial charge in [-0.15, -0.1) is 11.8 Å². The molecular weight excluding hydrogens is 442 g/mol. The Morgan fingerprint density at radius 2 is 1.91 bits per heavy atom. The van der Waals surface area contributed by atoms with Gasteiger partial charge < -0.3 is 10.1 Å². The normalized spacial score (nSPS) is 15.4. The lowest BCUT2D eigenvalue weighted by Gasteiger charge is -2.25. The van der Waals surface area contributed by atoms with Gasteiger partial charge in [-0.2, -0.15) is 0 Å². The van der Waals surface area contributed by atoms with Crippen molar-refractivity contribution in [1.29, 1.82) is 0 Å². The minimum Gasteiger partial charge on any atom is -0.497 e. The molecule has 0 saturated carbocycles. The van der Waals surface area contributed by atoms with Crippen LogP contribution >= 0.6 is 11.8 Å². The Morgan fingerprint density at radius 1 is 1.15 bits per heavy atom. The SMILES string of the molecule is COc1ccc(N2C(=O)CSC2c2cccc(NC(=O)c3ccc(C)c([N+](=O)[O-])c3)c2)cc1. The number of hydrogen-bond acceptors (Lipinski definition) is 6. The first-order valence-corrected chi connectivity index (χ1v) is 11.2. The number of methoxy groups -OCH3 is 1. The highest BCUT2D eigenvalue weighted by Crippen LogP contribution is 2.42. The second-order valence-corrected chi connectivity index (χ2v) is 8.53. The minimum atomic E-state index is -0.505. The third kappa shape index (κ3) is 4.68. The first-order chi connectivity index (χ1) is 15.9. The van der Waals surface area contributed by atoms with E-state index in [0.717, 1.165) is 11.3 Å². The lowest BCUT2D eigenvalue weighted by Crippen LogP contribution is -2.27. The highest BCUT2D eigenvalue weighted by molar-refractivity contribution is 8.00. The van der Waals surface area contributed by atoms with Crippen LogP contribution in [-0.2, 0) is 4.79 Å². The van der Waals surface area contributed by atoms with Gasteiger partial charge in [-0.05, 0) is 55.0 Å². The molecule has 2 amide bonds. The maximum Gasteiger partial charge on any atom is 0.273 e. The standard InChI is InChI=1S/C24H21N3O5S/c1-15-6-7-16(13-21(15)27(30)31)23(29)25-18-5-3-4-17(12-18)24-26(22(28)14-33-24)19-8-10-20(32-2)11-9-19/h3-13,24H,14H2,1-2H3,(H,25,29). The van der Waals surface area contributed by atoms with Gasteiger partial charge in [0.05, 0.1) is 17.8 Å². The van der Waals surface area contributed by atoms with Crippen LogP contribution in [-0.4, -0.2) is 29.6 Å². The van der Waals surface area contributed by atoms with Crippen LogP contribution in [0, 0.1) is 17.0 Å². The molecule has 1 heterocycles. The zero-order valence-corrected chi connectivity index (χ0v) is 18.8. The molecule has 8 nitrogen and oxygen atoms in total. The highest BCUT2D eigenvalue weighted by Gasteiger charge is 2.34. The fourth-order valence-corrected chi connectivity index (χ4v) is 4.78. The predicted octanol–water partition coefficient (Wildman–Crippen LogP) is 4.94. The van der Waals surface area contributed by atoms with Crippen molar-refractivity contribution < 1.29 is 19.2 Å². The molecule has 1 saturated heterocycles. The zero-order valence-electron chi connectivity index (χ0n) is 18.0. The van der Waals surface area contributed by atoms with E-state index >= 15 is 0 Å². The second-order valence-electron chi connectivity index (χ2n) is 7.46. The van der Waals surface area contributed by atoms with Gasteiger partial charge in [-0.25, -0.2) is 0 Å². The maximum absolute atomic E-state index is 12.7. The van der Waals surface area contributed by atoms with Crippen LogP contribution in [0.2, 0.25) is 0 Å². The zero-order chi connectivity index (χ0) is 23.5. The van der Waals surface area contributed by atoms with Crippen molar-refractivity contribution in [2.75, 3.05) is 23.1 Å². The van der Waals surface area contributed by atoms with Gasteiger partial charge in [0.25, 0.3) is 11.6 Å². The Hall–Kier alpha value is -3.85. The number of nitro groups is 1. The predicted molar refractivity (Wildman–Crippen MR) is 128 cm³/mol. The third-order valence-electron chi connectivity index (χ3n) is 5.32. The van der Waals surface area contributed by atoms with Crippen LogP contribution in [0.15, 0.2) is 66.7 Å². The topological polar surface area (TPSA) is 102 Å². The molecule has 1 aliphatic rings. The number of thioether (sulfide) groups is 1. The molecule has 0 aliphatic carbocycles.